The molecule has 7 heteroatoms. The molecule has 0 fully saturated rings. The van der Waals surface area contributed by atoms with Gasteiger partial charge in [0.25, 0.3) is 10.1 Å². The Morgan fingerprint density at radius 1 is 1.26 bits per heavy atom. The van der Waals surface area contributed by atoms with Crippen LogP contribution in [0.15, 0.2) is 35.7 Å². The first kappa shape index (κ1) is 17.7. The normalized spacial score (nSPS) is 12.8. The highest BCUT2D eigenvalue weighted by Crippen LogP contribution is 2.30. The molecule has 0 aliphatic carbocycles. The third-order valence-corrected chi connectivity index (χ3v) is 5.37. The molecule has 0 spiro atoms. The van der Waals surface area contributed by atoms with Crippen LogP contribution >= 0.6 is 11.3 Å². The van der Waals surface area contributed by atoms with E-state index in [4.69, 9.17) is 4.55 Å². The molecule has 2 rings (SSSR count). The van der Waals surface area contributed by atoms with Crippen LogP contribution in [-0.2, 0) is 14.9 Å². The molecule has 1 unspecified atom stereocenters. The molecular weight excluding hydrogens is 334 g/mol. The molecule has 1 aromatic carbocycles. The highest BCUT2D eigenvalue weighted by molar-refractivity contribution is 7.85. The summed E-state index contributed by atoms with van der Waals surface area (Å²) >= 11 is 1.68. The number of rotatable bonds is 6. The summed E-state index contributed by atoms with van der Waals surface area (Å²) in [6.45, 7) is 3.72. The second-order valence-electron chi connectivity index (χ2n) is 5.35. The highest BCUT2D eigenvalue weighted by Gasteiger charge is 2.16. The van der Waals surface area contributed by atoms with Crippen molar-refractivity contribution < 1.29 is 17.8 Å². The molecular formula is C16H19NO4S2. The smallest absolute Gasteiger partial charge is 0.266 e. The summed E-state index contributed by atoms with van der Waals surface area (Å²) in [5.41, 5.74) is 3.19. The number of amides is 1. The largest absolute Gasteiger partial charge is 0.354 e. The van der Waals surface area contributed by atoms with Crippen molar-refractivity contribution in [2.45, 2.75) is 19.8 Å². The van der Waals surface area contributed by atoms with Gasteiger partial charge in [-0.1, -0.05) is 24.3 Å². The lowest BCUT2D eigenvalue weighted by molar-refractivity contribution is -0.122. The molecule has 0 saturated carbocycles. The van der Waals surface area contributed by atoms with Crippen molar-refractivity contribution in [3.05, 3.63) is 46.8 Å². The molecule has 23 heavy (non-hydrogen) atoms. The second kappa shape index (κ2) is 7.25. The van der Waals surface area contributed by atoms with E-state index < -0.39 is 21.8 Å². The predicted molar refractivity (Wildman–Crippen MR) is 92.3 cm³/mol. The van der Waals surface area contributed by atoms with E-state index in [0.29, 0.717) is 0 Å². The van der Waals surface area contributed by atoms with Crippen LogP contribution in [0.2, 0.25) is 0 Å². The lowest BCUT2D eigenvalue weighted by Crippen LogP contribution is -2.32. The molecule has 1 aromatic heterocycles. The Balaban J connectivity index is 2.01. The van der Waals surface area contributed by atoms with Gasteiger partial charge < -0.3 is 5.32 Å². The van der Waals surface area contributed by atoms with Gasteiger partial charge in [0.1, 0.15) is 0 Å². The minimum Gasteiger partial charge on any atom is -0.354 e. The van der Waals surface area contributed by atoms with Crippen LogP contribution in [0.5, 0.6) is 0 Å². The van der Waals surface area contributed by atoms with Crippen molar-refractivity contribution >= 4 is 27.4 Å². The van der Waals surface area contributed by atoms with E-state index in [1.165, 1.54) is 10.4 Å². The third-order valence-electron chi connectivity index (χ3n) is 3.59. The minimum atomic E-state index is -4.06. The Kier molecular flexibility index (Phi) is 5.56. The number of carbonyl (C=O) groups is 1. The summed E-state index contributed by atoms with van der Waals surface area (Å²) in [5, 5.41) is 4.56. The zero-order valence-electron chi connectivity index (χ0n) is 12.9. The number of nitrogens with one attached hydrogen (secondary N) is 1. The Labute approximate surface area is 140 Å². The molecule has 0 bridgehead atoms. The van der Waals surface area contributed by atoms with E-state index in [9.17, 15) is 13.2 Å². The van der Waals surface area contributed by atoms with Gasteiger partial charge >= 0.3 is 0 Å². The van der Waals surface area contributed by atoms with E-state index in [1.54, 1.807) is 18.3 Å². The maximum atomic E-state index is 12.0. The van der Waals surface area contributed by atoms with Crippen LogP contribution < -0.4 is 5.32 Å². The van der Waals surface area contributed by atoms with Crippen molar-refractivity contribution in [3.8, 4) is 10.4 Å². The van der Waals surface area contributed by atoms with Gasteiger partial charge in [-0.15, -0.1) is 11.3 Å². The van der Waals surface area contributed by atoms with Crippen LogP contribution in [0.3, 0.4) is 0 Å². The third kappa shape index (κ3) is 4.89. The van der Waals surface area contributed by atoms with E-state index in [2.05, 4.69) is 18.3 Å². The first-order valence-electron chi connectivity index (χ1n) is 7.15. The maximum Gasteiger partial charge on any atom is 0.266 e. The van der Waals surface area contributed by atoms with Crippen molar-refractivity contribution in [2.75, 3.05) is 12.3 Å². The van der Waals surface area contributed by atoms with E-state index >= 15 is 0 Å². The van der Waals surface area contributed by atoms with Gasteiger partial charge in [0.15, 0.2) is 0 Å². The molecule has 0 saturated heterocycles. The quantitative estimate of drug-likeness (QED) is 0.782. The summed E-state index contributed by atoms with van der Waals surface area (Å²) in [5.74, 6) is -1.15. The topological polar surface area (TPSA) is 83.5 Å². The molecule has 2 aromatic rings. The van der Waals surface area contributed by atoms with Gasteiger partial charge in [-0.25, -0.2) is 0 Å². The summed E-state index contributed by atoms with van der Waals surface area (Å²) in [6, 6.07) is 9.84. The Bertz CT molecular complexity index is 779. The fourth-order valence-corrected chi connectivity index (χ4v) is 3.49. The molecule has 2 N–H and O–H groups in total. The Morgan fingerprint density at radius 3 is 2.43 bits per heavy atom. The second-order valence-corrected chi connectivity index (χ2v) is 7.84. The van der Waals surface area contributed by atoms with Crippen LogP contribution in [-0.4, -0.2) is 31.2 Å². The summed E-state index contributed by atoms with van der Waals surface area (Å²) in [4.78, 5) is 13.2. The monoisotopic (exact) mass is 353 g/mol. The number of benzene rings is 1. The van der Waals surface area contributed by atoms with Crippen molar-refractivity contribution in [1.29, 1.82) is 0 Å². The summed E-state index contributed by atoms with van der Waals surface area (Å²) < 4.78 is 29.9. The minimum absolute atomic E-state index is 0.103. The number of aryl methyl sites for hydroxylation is 1. The van der Waals surface area contributed by atoms with Crippen molar-refractivity contribution in [2.24, 2.45) is 0 Å². The van der Waals surface area contributed by atoms with Gasteiger partial charge in [-0.3, -0.25) is 9.35 Å². The standard InChI is InChI=1S/C16H19NO4S2/c1-11-7-9-22-15(11)14-5-3-13(4-6-14)12(2)16(18)17-8-10-23(19,20)21/h3-7,9,12H,8,10H2,1-2H3,(H,17,18)(H,19,20,21). The fraction of sp³-hybridized carbons (Fsp3) is 0.312. The first-order chi connectivity index (χ1) is 10.8. The molecule has 1 amide bonds. The Morgan fingerprint density at radius 2 is 1.91 bits per heavy atom. The van der Waals surface area contributed by atoms with E-state index in [1.807, 2.05) is 29.6 Å². The van der Waals surface area contributed by atoms with Crippen molar-refractivity contribution in [3.63, 3.8) is 0 Å². The van der Waals surface area contributed by atoms with Crippen LogP contribution in [0.1, 0.15) is 24.0 Å². The average molecular weight is 353 g/mol. The molecule has 0 aliphatic rings. The van der Waals surface area contributed by atoms with Crippen molar-refractivity contribution in [1.82, 2.24) is 5.32 Å². The summed E-state index contributed by atoms with van der Waals surface area (Å²) in [7, 11) is -4.06. The van der Waals surface area contributed by atoms with Crippen LogP contribution in [0, 0.1) is 6.92 Å². The average Bonchev–Trinajstić information content (AvgIpc) is 2.91. The highest BCUT2D eigenvalue weighted by atomic mass is 32.2. The van der Waals surface area contributed by atoms with Crippen LogP contribution in [0.4, 0.5) is 0 Å². The number of hydrogen-bond acceptors (Lipinski definition) is 4. The molecule has 1 heterocycles. The first-order valence-corrected chi connectivity index (χ1v) is 9.64. The molecule has 1 atom stereocenters. The number of thiophene rings is 1. The lowest BCUT2D eigenvalue weighted by atomic mass is 9.98. The molecule has 5 nitrogen and oxygen atoms in total. The van der Waals surface area contributed by atoms with E-state index in [-0.39, 0.29) is 12.5 Å². The lowest BCUT2D eigenvalue weighted by Gasteiger charge is -2.13. The van der Waals surface area contributed by atoms with Gasteiger partial charge in [-0.2, -0.15) is 8.42 Å². The van der Waals surface area contributed by atoms with Gasteiger partial charge in [0.2, 0.25) is 5.91 Å². The van der Waals surface area contributed by atoms with Gasteiger partial charge in [0.05, 0.1) is 11.7 Å². The Hall–Kier alpha value is -1.70. The summed E-state index contributed by atoms with van der Waals surface area (Å²) in [6.07, 6.45) is 0. The molecule has 0 radical (unpaired) electrons. The zero-order chi connectivity index (χ0) is 17.0. The van der Waals surface area contributed by atoms with E-state index in [0.717, 1.165) is 11.1 Å². The SMILES string of the molecule is Cc1ccsc1-c1ccc(C(C)C(=O)NCCS(=O)(=O)O)cc1. The van der Waals surface area contributed by atoms with Gasteiger partial charge in [-0.05, 0) is 42.0 Å². The zero-order valence-corrected chi connectivity index (χ0v) is 14.6. The van der Waals surface area contributed by atoms with Gasteiger partial charge in [0, 0.05) is 11.4 Å². The fourth-order valence-electron chi connectivity index (χ4n) is 2.20. The van der Waals surface area contributed by atoms with Crippen LogP contribution in [0.25, 0.3) is 10.4 Å². The maximum absolute atomic E-state index is 12.0. The number of hydrogen-bond donors (Lipinski definition) is 2. The predicted octanol–water partition coefficient (Wildman–Crippen LogP) is 2.83. The number of carbonyl (C=O) groups excluding carboxylic acids is 1. The molecule has 0 aliphatic heterocycles. The molecule has 124 valence electrons.